The second-order valence-corrected chi connectivity index (χ2v) is 4.74. The first-order chi connectivity index (χ1) is 11.4. The number of carbonyl (C=O) groups is 2. The van der Waals surface area contributed by atoms with Crippen LogP contribution in [0.4, 0.5) is 11.4 Å². The SMILES string of the molecule is COc1ccc(C(=O)Oc2ccc(NC(C)=O)cc2)cc1[N+](=O)[O-]. The van der Waals surface area contributed by atoms with Crippen molar-refractivity contribution < 1.29 is 24.0 Å². The molecule has 0 saturated carbocycles. The van der Waals surface area contributed by atoms with E-state index in [9.17, 15) is 19.7 Å². The number of ether oxygens (including phenoxy) is 2. The monoisotopic (exact) mass is 330 g/mol. The molecule has 0 fully saturated rings. The second-order valence-electron chi connectivity index (χ2n) is 4.74. The summed E-state index contributed by atoms with van der Waals surface area (Å²) in [4.78, 5) is 33.4. The van der Waals surface area contributed by atoms with Crippen molar-refractivity contribution in [2.24, 2.45) is 0 Å². The van der Waals surface area contributed by atoms with Crippen LogP contribution in [0.1, 0.15) is 17.3 Å². The summed E-state index contributed by atoms with van der Waals surface area (Å²) < 4.78 is 10.0. The molecule has 0 unspecified atom stereocenters. The van der Waals surface area contributed by atoms with Crippen LogP contribution in [0, 0.1) is 10.1 Å². The van der Waals surface area contributed by atoms with E-state index in [4.69, 9.17) is 9.47 Å². The number of rotatable bonds is 5. The molecule has 1 amide bonds. The van der Waals surface area contributed by atoms with Gasteiger partial charge in [-0.2, -0.15) is 0 Å². The Morgan fingerprint density at radius 3 is 2.33 bits per heavy atom. The Morgan fingerprint density at radius 2 is 1.79 bits per heavy atom. The van der Waals surface area contributed by atoms with Crippen LogP contribution >= 0.6 is 0 Å². The zero-order chi connectivity index (χ0) is 17.7. The van der Waals surface area contributed by atoms with Gasteiger partial charge in [0.1, 0.15) is 5.75 Å². The molecule has 0 radical (unpaired) electrons. The molecular weight excluding hydrogens is 316 g/mol. The fourth-order valence-corrected chi connectivity index (χ4v) is 1.94. The molecule has 1 N–H and O–H groups in total. The van der Waals surface area contributed by atoms with Crippen molar-refractivity contribution in [2.45, 2.75) is 6.92 Å². The summed E-state index contributed by atoms with van der Waals surface area (Å²) in [5.41, 5.74) is 0.253. The van der Waals surface area contributed by atoms with Gasteiger partial charge in [0.15, 0.2) is 5.75 Å². The number of nitrogens with one attached hydrogen (secondary N) is 1. The van der Waals surface area contributed by atoms with Crippen molar-refractivity contribution in [1.82, 2.24) is 0 Å². The van der Waals surface area contributed by atoms with Gasteiger partial charge in [-0.25, -0.2) is 4.79 Å². The predicted octanol–water partition coefficient (Wildman–Crippen LogP) is 2.78. The maximum Gasteiger partial charge on any atom is 0.343 e. The number of nitro benzene ring substituents is 1. The van der Waals surface area contributed by atoms with Gasteiger partial charge >= 0.3 is 11.7 Å². The molecule has 124 valence electrons. The highest BCUT2D eigenvalue weighted by molar-refractivity contribution is 5.92. The van der Waals surface area contributed by atoms with E-state index in [1.807, 2.05) is 0 Å². The van der Waals surface area contributed by atoms with Crippen molar-refractivity contribution in [3.8, 4) is 11.5 Å². The summed E-state index contributed by atoms with van der Waals surface area (Å²) in [5, 5.41) is 13.6. The first kappa shape index (κ1) is 16.9. The highest BCUT2D eigenvalue weighted by Crippen LogP contribution is 2.28. The molecule has 0 atom stereocenters. The van der Waals surface area contributed by atoms with E-state index in [0.29, 0.717) is 5.69 Å². The van der Waals surface area contributed by atoms with Gasteiger partial charge in [0.2, 0.25) is 5.91 Å². The third kappa shape index (κ3) is 4.07. The molecule has 0 aromatic heterocycles. The second kappa shape index (κ2) is 7.23. The Morgan fingerprint density at radius 1 is 1.12 bits per heavy atom. The fraction of sp³-hybridized carbons (Fsp3) is 0.125. The Hall–Kier alpha value is -3.42. The molecule has 0 aliphatic heterocycles. The lowest BCUT2D eigenvalue weighted by Gasteiger charge is -2.07. The molecule has 0 aliphatic carbocycles. The Balaban J connectivity index is 2.16. The molecule has 8 nitrogen and oxygen atoms in total. The van der Waals surface area contributed by atoms with Gasteiger partial charge in [-0.05, 0) is 36.4 Å². The Labute approximate surface area is 137 Å². The number of hydrogen-bond acceptors (Lipinski definition) is 6. The number of nitrogens with zero attached hydrogens (tertiary/aromatic N) is 1. The normalized spacial score (nSPS) is 9.92. The molecule has 2 aromatic rings. The number of amides is 1. The van der Waals surface area contributed by atoms with E-state index in [1.165, 1.54) is 38.3 Å². The lowest BCUT2D eigenvalue weighted by molar-refractivity contribution is -0.385. The number of hydrogen-bond donors (Lipinski definition) is 1. The largest absolute Gasteiger partial charge is 0.490 e. The average Bonchev–Trinajstić information content (AvgIpc) is 2.55. The maximum absolute atomic E-state index is 12.1. The first-order valence-electron chi connectivity index (χ1n) is 6.83. The highest BCUT2D eigenvalue weighted by atomic mass is 16.6. The molecular formula is C16H14N2O6. The van der Waals surface area contributed by atoms with E-state index in [2.05, 4.69) is 5.32 Å². The summed E-state index contributed by atoms with van der Waals surface area (Å²) >= 11 is 0. The molecule has 0 aliphatic rings. The first-order valence-corrected chi connectivity index (χ1v) is 6.83. The molecule has 2 aromatic carbocycles. The average molecular weight is 330 g/mol. The van der Waals surface area contributed by atoms with Crippen molar-refractivity contribution in [3.63, 3.8) is 0 Å². The zero-order valence-electron chi connectivity index (χ0n) is 12.9. The standard InChI is InChI=1S/C16H14N2O6/c1-10(19)17-12-4-6-13(7-5-12)24-16(20)11-3-8-15(23-2)14(9-11)18(21)22/h3-9H,1-2H3,(H,17,19). The lowest BCUT2D eigenvalue weighted by Crippen LogP contribution is -2.09. The van der Waals surface area contributed by atoms with E-state index in [0.717, 1.165) is 6.07 Å². The Bertz CT molecular complexity index is 786. The van der Waals surface area contributed by atoms with E-state index < -0.39 is 10.9 Å². The van der Waals surface area contributed by atoms with Gasteiger partial charge in [0, 0.05) is 18.7 Å². The fourth-order valence-electron chi connectivity index (χ4n) is 1.94. The van der Waals surface area contributed by atoms with Crippen LogP contribution in [-0.4, -0.2) is 23.9 Å². The van der Waals surface area contributed by atoms with Gasteiger partial charge < -0.3 is 14.8 Å². The van der Waals surface area contributed by atoms with Gasteiger partial charge in [0.25, 0.3) is 0 Å². The summed E-state index contributed by atoms with van der Waals surface area (Å²) in [6, 6.07) is 9.93. The predicted molar refractivity (Wildman–Crippen MR) is 85.4 cm³/mol. The molecule has 8 heteroatoms. The van der Waals surface area contributed by atoms with Gasteiger partial charge in [-0.1, -0.05) is 0 Å². The van der Waals surface area contributed by atoms with Crippen LogP contribution in [0.2, 0.25) is 0 Å². The summed E-state index contributed by atoms with van der Waals surface area (Å²) in [6.07, 6.45) is 0. The van der Waals surface area contributed by atoms with Crippen molar-refractivity contribution in [2.75, 3.05) is 12.4 Å². The van der Waals surface area contributed by atoms with E-state index >= 15 is 0 Å². The summed E-state index contributed by atoms with van der Waals surface area (Å²) in [7, 11) is 1.30. The minimum Gasteiger partial charge on any atom is -0.490 e. The highest BCUT2D eigenvalue weighted by Gasteiger charge is 2.19. The van der Waals surface area contributed by atoms with E-state index in [-0.39, 0.29) is 28.7 Å². The van der Waals surface area contributed by atoms with Crippen LogP contribution < -0.4 is 14.8 Å². The molecule has 0 spiro atoms. The van der Waals surface area contributed by atoms with Gasteiger partial charge in [-0.15, -0.1) is 0 Å². The van der Waals surface area contributed by atoms with Gasteiger partial charge in [-0.3, -0.25) is 14.9 Å². The third-order valence-corrected chi connectivity index (χ3v) is 3.00. The number of benzene rings is 2. The number of esters is 1. The minimum atomic E-state index is -0.743. The van der Waals surface area contributed by atoms with Crippen LogP contribution in [0.25, 0.3) is 0 Å². The zero-order valence-corrected chi connectivity index (χ0v) is 12.9. The molecule has 0 heterocycles. The molecule has 0 bridgehead atoms. The summed E-state index contributed by atoms with van der Waals surface area (Å²) in [6.45, 7) is 1.38. The van der Waals surface area contributed by atoms with Crippen LogP contribution in [-0.2, 0) is 4.79 Å². The lowest BCUT2D eigenvalue weighted by atomic mass is 10.2. The van der Waals surface area contributed by atoms with E-state index in [1.54, 1.807) is 12.1 Å². The molecule has 24 heavy (non-hydrogen) atoms. The number of methoxy groups -OCH3 is 1. The molecule has 2 rings (SSSR count). The molecule has 0 saturated heterocycles. The minimum absolute atomic E-state index is 0.0217. The quantitative estimate of drug-likeness (QED) is 0.391. The number of anilines is 1. The maximum atomic E-state index is 12.1. The van der Waals surface area contributed by atoms with Crippen molar-refractivity contribution in [1.29, 1.82) is 0 Å². The van der Waals surface area contributed by atoms with Crippen LogP contribution in [0.5, 0.6) is 11.5 Å². The number of carbonyl (C=O) groups excluding carboxylic acids is 2. The number of nitro groups is 1. The topological polar surface area (TPSA) is 108 Å². The van der Waals surface area contributed by atoms with Crippen molar-refractivity contribution >= 4 is 23.3 Å². The smallest absolute Gasteiger partial charge is 0.343 e. The van der Waals surface area contributed by atoms with Crippen molar-refractivity contribution in [3.05, 3.63) is 58.1 Å². The third-order valence-electron chi connectivity index (χ3n) is 3.00. The van der Waals surface area contributed by atoms with Crippen LogP contribution in [0.3, 0.4) is 0 Å². The van der Waals surface area contributed by atoms with Gasteiger partial charge in [0.05, 0.1) is 17.6 Å². The Kier molecular flexibility index (Phi) is 5.10. The summed E-state index contributed by atoms with van der Waals surface area (Å²) in [5.74, 6) is -0.665. The van der Waals surface area contributed by atoms with Crippen LogP contribution in [0.15, 0.2) is 42.5 Å².